The third kappa shape index (κ3) is 6.14. The van der Waals surface area contributed by atoms with E-state index in [9.17, 15) is 0 Å². The first-order valence-electron chi connectivity index (χ1n) is 20.8. The minimum atomic E-state index is 0.559. The fourth-order valence-corrected chi connectivity index (χ4v) is 8.84. The standard InChI is InChI=1S/C57H36N4O/c1-3-14-37(15-4-1)38-28-30-39(31-29-38)43-32-33-47-46-22-7-9-26-51(46)61(52(47)36-43)45-21-12-19-42(35-45)41-18-11-20-44(34-41)56-58-55(40-16-5-2-6-17-40)59-57(60-56)50-25-13-24-49-48-23-8-10-27-53(48)62-54(49)50/h1-36H. The van der Waals surface area contributed by atoms with Crippen LogP contribution in [0.2, 0.25) is 0 Å². The first kappa shape index (κ1) is 35.5. The van der Waals surface area contributed by atoms with Crippen LogP contribution < -0.4 is 0 Å². The molecular formula is C57H36N4O. The fourth-order valence-electron chi connectivity index (χ4n) is 8.84. The molecule has 0 radical (unpaired) electrons. The minimum absolute atomic E-state index is 0.559. The van der Waals surface area contributed by atoms with E-state index in [0.29, 0.717) is 17.5 Å². The summed E-state index contributed by atoms with van der Waals surface area (Å²) in [4.78, 5) is 15.3. The Labute approximate surface area is 357 Å². The molecular weight excluding hydrogens is 757 g/mol. The second-order valence-electron chi connectivity index (χ2n) is 15.6. The molecule has 0 saturated carbocycles. The number of para-hydroxylation sites is 3. The summed E-state index contributed by atoms with van der Waals surface area (Å²) in [5.41, 5.74) is 14.6. The van der Waals surface area contributed by atoms with Gasteiger partial charge in [0, 0.05) is 38.4 Å². The molecule has 5 heteroatoms. The number of benzene rings is 9. The number of nitrogens with zero attached hydrogens (tertiary/aromatic N) is 4. The molecule has 0 saturated heterocycles. The Morgan fingerprint density at radius 1 is 0.306 bits per heavy atom. The molecule has 5 nitrogen and oxygen atoms in total. The topological polar surface area (TPSA) is 56.7 Å². The molecule has 9 aromatic carbocycles. The predicted molar refractivity (Wildman–Crippen MR) is 254 cm³/mol. The Balaban J connectivity index is 0.958. The van der Waals surface area contributed by atoms with Crippen molar-refractivity contribution in [3.63, 3.8) is 0 Å². The number of fused-ring (bicyclic) bond motifs is 6. The molecule has 0 aliphatic carbocycles. The van der Waals surface area contributed by atoms with Gasteiger partial charge in [0.1, 0.15) is 11.2 Å². The van der Waals surface area contributed by atoms with Crippen LogP contribution in [-0.2, 0) is 0 Å². The van der Waals surface area contributed by atoms with Crippen molar-refractivity contribution in [2.75, 3.05) is 0 Å². The molecule has 0 amide bonds. The highest BCUT2D eigenvalue weighted by Crippen LogP contribution is 2.38. The maximum absolute atomic E-state index is 6.45. The van der Waals surface area contributed by atoms with Crippen LogP contribution in [-0.4, -0.2) is 19.5 Å². The Kier molecular flexibility index (Phi) is 8.42. The van der Waals surface area contributed by atoms with Gasteiger partial charge in [-0.25, -0.2) is 15.0 Å². The molecule has 0 atom stereocenters. The quantitative estimate of drug-likeness (QED) is 0.161. The highest BCUT2D eigenvalue weighted by Gasteiger charge is 2.19. The van der Waals surface area contributed by atoms with E-state index in [1.54, 1.807) is 0 Å². The second kappa shape index (κ2) is 14.7. The van der Waals surface area contributed by atoms with E-state index in [1.807, 2.05) is 60.7 Å². The maximum atomic E-state index is 6.45. The van der Waals surface area contributed by atoms with E-state index < -0.39 is 0 Å². The van der Waals surface area contributed by atoms with Gasteiger partial charge in [-0.15, -0.1) is 0 Å². The van der Waals surface area contributed by atoms with E-state index >= 15 is 0 Å². The van der Waals surface area contributed by atoms with Crippen LogP contribution in [0.1, 0.15) is 0 Å². The number of hydrogen-bond donors (Lipinski definition) is 0. The number of rotatable bonds is 7. The van der Waals surface area contributed by atoms with Crippen molar-refractivity contribution in [3.8, 4) is 73.2 Å². The van der Waals surface area contributed by atoms with Crippen molar-refractivity contribution in [3.05, 3.63) is 218 Å². The summed E-state index contributed by atoms with van der Waals surface area (Å²) in [6.07, 6.45) is 0. The van der Waals surface area contributed by atoms with Gasteiger partial charge in [-0.05, 0) is 75.8 Å². The van der Waals surface area contributed by atoms with E-state index in [1.165, 1.54) is 33.0 Å². The van der Waals surface area contributed by atoms with Crippen LogP contribution in [0.25, 0.3) is 117 Å². The SMILES string of the molecule is c1ccc(-c2ccc(-c3ccc4c5ccccc5n(-c5cccc(-c6cccc(-c7nc(-c8ccccc8)nc(-c8cccc9c8oc8ccccc89)n7)c6)c5)c4c3)cc2)cc1. The van der Waals surface area contributed by atoms with Crippen molar-refractivity contribution in [2.45, 2.75) is 0 Å². The number of furan rings is 1. The van der Waals surface area contributed by atoms with Crippen molar-refractivity contribution < 1.29 is 4.42 Å². The summed E-state index contributed by atoms with van der Waals surface area (Å²) in [6.45, 7) is 0. The van der Waals surface area contributed by atoms with Crippen LogP contribution >= 0.6 is 0 Å². The molecule has 0 aliphatic heterocycles. The molecule has 12 rings (SSSR count). The molecule has 3 aromatic heterocycles. The minimum Gasteiger partial charge on any atom is -0.455 e. The zero-order chi connectivity index (χ0) is 41.0. The van der Waals surface area contributed by atoms with Crippen LogP contribution in [0.4, 0.5) is 0 Å². The Morgan fingerprint density at radius 2 is 0.823 bits per heavy atom. The fraction of sp³-hybridized carbons (Fsp3) is 0. The van der Waals surface area contributed by atoms with Gasteiger partial charge < -0.3 is 8.98 Å². The number of hydrogen-bond acceptors (Lipinski definition) is 4. The van der Waals surface area contributed by atoms with Gasteiger partial charge in [-0.2, -0.15) is 0 Å². The Hall–Kier alpha value is -8.41. The van der Waals surface area contributed by atoms with Gasteiger partial charge in [0.15, 0.2) is 17.5 Å². The highest BCUT2D eigenvalue weighted by atomic mass is 16.3. The van der Waals surface area contributed by atoms with E-state index in [0.717, 1.165) is 66.5 Å². The summed E-state index contributed by atoms with van der Waals surface area (Å²) in [6, 6.07) is 76.6. The molecule has 12 aromatic rings. The number of aromatic nitrogens is 4. The lowest BCUT2D eigenvalue weighted by molar-refractivity contribution is 0.669. The molecule has 0 spiro atoms. The van der Waals surface area contributed by atoms with E-state index in [2.05, 4.69) is 162 Å². The van der Waals surface area contributed by atoms with E-state index in [4.69, 9.17) is 19.4 Å². The predicted octanol–water partition coefficient (Wildman–Crippen LogP) is 14.9. The normalized spacial score (nSPS) is 11.5. The Morgan fingerprint density at radius 3 is 1.63 bits per heavy atom. The molecule has 3 heterocycles. The van der Waals surface area contributed by atoms with Crippen molar-refractivity contribution in [2.24, 2.45) is 0 Å². The Bertz CT molecular complexity index is 3630. The lowest BCUT2D eigenvalue weighted by Crippen LogP contribution is -2.00. The smallest absolute Gasteiger partial charge is 0.167 e. The van der Waals surface area contributed by atoms with Gasteiger partial charge >= 0.3 is 0 Å². The van der Waals surface area contributed by atoms with Gasteiger partial charge in [0.25, 0.3) is 0 Å². The molecule has 62 heavy (non-hydrogen) atoms. The average molecular weight is 793 g/mol. The van der Waals surface area contributed by atoms with Gasteiger partial charge in [0.2, 0.25) is 0 Å². The van der Waals surface area contributed by atoms with Crippen molar-refractivity contribution >= 4 is 43.7 Å². The molecule has 0 aliphatic rings. The van der Waals surface area contributed by atoms with Crippen LogP contribution in [0.3, 0.4) is 0 Å². The van der Waals surface area contributed by atoms with E-state index in [-0.39, 0.29) is 0 Å². The average Bonchev–Trinajstić information content (AvgIpc) is 3.90. The lowest BCUT2D eigenvalue weighted by atomic mass is 9.99. The molecule has 0 fully saturated rings. The van der Waals surface area contributed by atoms with Crippen molar-refractivity contribution in [1.29, 1.82) is 0 Å². The van der Waals surface area contributed by atoms with Crippen LogP contribution in [0, 0.1) is 0 Å². The zero-order valence-corrected chi connectivity index (χ0v) is 33.5. The first-order valence-corrected chi connectivity index (χ1v) is 20.8. The maximum Gasteiger partial charge on any atom is 0.167 e. The van der Waals surface area contributed by atoms with Crippen molar-refractivity contribution in [1.82, 2.24) is 19.5 Å². The summed E-state index contributed by atoms with van der Waals surface area (Å²) in [5, 5.41) is 4.53. The summed E-state index contributed by atoms with van der Waals surface area (Å²) in [5.74, 6) is 1.75. The third-order valence-corrected chi connectivity index (χ3v) is 11.9. The molecule has 0 unspecified atom stereocenters. The van der Waals surface area contributed by atoms with Crippen LogP contribution in [0.5, 0.6) is 0 Å². The largest absolute Gasteiger partial charge is 0.455 e. The summed E-state index contributed by atoms with van der Waals surface area (Å²) in [7, 11) is 0. The molecule has 290 valence electrons. The summed E-state index contributed by atoms with van der Waals surface area (Å²) < 4.78 is 8.84. The summed E-state index contributed by atoms with van der Waals surface area (Å²) >= 11 is 0. The lowest BCUT2D eigenvalue weighted by Gasteiger charge is -2.12. The van der Waals surface area contributed by atoms with Crippen LogP contribution in [0.15, 0.2) is 223 Å². The zero-order valence-electron chi connectivity index (χ0n) is 33.5. The molecule has 0 bridgehead atoms. The van der Waals surface area contributed by atoms with Gasteiger partial charge in [-0.3, -0.25) is 0 Å². The van der Waals surface area contributed by atoms with Gasteiger partial charge in [-0.1, -0.05) is 176 Å². The monoisotopic (exact) mass is 792 g/mol. The highest BCUT2D eigenvalue weighted by molar-refractivity contribution is 6.11. The third-order valence-electron chi connectivity index (χ3n) is 11.9. The molecule has 0 N–H and O–H groups in total. The second-order valence-corrected chi connectivity index (χ2v) is 15.6. The first-order chi connectivity index (χ1) is 30.7. The van der Waals surface area contributed by atoms with Gasteiger partial charge in [0.05, 0.1) is 16.6 Å².